The summed E-state index contributed by atoms with van der Waals surface area (Å²) in [5.41, 5.74) is 5.74. The molecular weight excluding hydrogens is 232 g/mol. The molecule has 7 heteroatoms. The van der Waals surface area contributed by atoms with E-state index in [0.29, 0.717) is 18.4 Å². The van der Waals surface area contributed by atoms with Gasteiger partial charge in [0.2, 0.25) is 17.8 Å². The molecule has 0 atom stereocenters. The topological polar surface area (TPSA) is 91.4 Å². The third kappa shape index (κ3) is 2.79. The molecule has 0 amide bonds. The van der Waals surface area contributed by atoms with Crippen LogP contribution in [-0.2, 0) is 0 Å². The van der Waals surface area contributed by atoms with Gasteiger partial charge in [-0.05, 0) is 19.8 Å². The molecule has 0 bridgehead atoms. The van der Waals surface area contributed by atoms with Crippen molar-refractivity contribution in [2.75, 3.05) is 48.3 Å². The summed E-state index contributed by atoms with van der Waals surface area (Å²) in [7, 11) is 0. The second kappa shape index (κ2) is 5.81. The van der Waals surface area contributed by atoms with Gasteiger partial charge in [0, 0.05) is 26.2 Å². The number of nitrogens with zero attached hydrogens (tertiary/aromatic N) is 5. The van der Waals surface area contributed by atoms with Crippen LogP contribution >= 0.6 is 0 Å². The van der Waals surface area contributed by atoms with Crippen molar-refractivity contribution >= 4 is 17.8 Å². The standard InChI is InChI=1S/C11H20N6O/c1-2-16(7-8-18)10-13-9(12)14-11(15-10)17-5-3-4-6-17/h18H,2-8H2,1H3,(H2,12,13,14,15). The van der Waals surface area contributed by atoms with E-state index in [0.717, 1.165) is 32.5 Å². The van der Waals surface area contributed by atoms with Crippen molar-refractivity contribution in [1.29, 1.82) is 0 Å². The average molecular weight is 252 g/mol. The predicted molar refractivity (Wildman–Crippen MR) is 70.7 cm³/mol. The van der Waals surface area contributed by atoms with Gasteiger partial charge in [-0.1, -0.05) is 0 Å². The minimum atomic E-state index is 0.0679. The van der Waals surface area contributed by atoms with Crippen molar-refractivity contribution in [1.82, 2.24) is 15.0 Å². The first kappa shape index (κ1) is 12.8. The first-order valence-electron chi connectivity index (χ1n) is 6.37. The lowest BCUT2D eigenvalue weighted by molar-refractivity contribution is 0.301. The minimum absolute atomic E-state index is 0.0679. The number of hydrogen-bond acceptors (Lipinski definition) is 7. The van der Waals surface area contributed by atoms with Crippen LogP contribution in [0, 0.1) is 0 Å². The second-order valence-electron chi connectivity index (χ2n) is 4.29. The molecule has 1 aliphatic heterocycles. The van der Waals surface area contributed by atoms with Gasteiger partial charge in [0.1, 0.15) is 0 Å². The average Bonchev–Trinajstić information content (AvgIpc) is 2.89. The van der Waals surface area contributed by atoms with E-state index >= 15 is 0 Å². The molecule has 0 aromatic carbocycles. The van der Waals surface area contributed by atoms with Crippen molar-refractivity contribution in [2.45, 2.75) is 19.8 Å². The molecule has 0 aliphatic carbocycles. The first-order valence-corrected chi connectivity index (χ1v) is 6.37. The highest BCUT2D eigenvalue weighted by Crippen LogP contribution is 2.19. The van der Waals surface area contributed by atoms with Crippen LogP contribution in [0.3, 0.4) is 0 Å². The third-order valence-electron chi connectivity index (χ3n) is 3.05. The maximum Gasteiger partial charge on any atom is 0.232 e. The Hall–Kier alpha value is -1.63. The Balaban J connectivity index is 2.24. The summed E-state index contributed by atoms with van der Waals surface area (Å²) in [4.78, 5) is 16.8. The van der Waals surface area contributed by atoms with Gasteiger partial charge in [-0.2, -0.15) is 15.0 Å². The highest BCUT2D eigenvalue weighted by atomic mass is 16.3. The van der Waals surface area contributed by atoms with E-state index in [1.807, 2.05) is 11.8 Å². The molecule has 3 N–H and O–H groups in total. The second-order valence-corrected chi connectivity index (χ2v) is 4.29. The predicted octanol–water partition coefficient (Wildman–Crippen LogP) is -0.127. The molecule has 1 fully saturated rings. The van der Waals surface area contributed by atoms with Gasteiger partial charge in [-0.3, -0.25) is 0 Å². The molecule has 1 saturated heterocycles. The Morgan fingerprint density at radius 2 is 2.00 bits per heavy atom. The number of anilines is 3. The van der Waals surface area contributed by atoms with Crippen LogP contribution in [0.15, 0.2) is 0 Å². The molecule has 0 spiro atoms. The molecule has 0 radical (unpaired) electrons. The van der Waals surface area contributed by atoms with Gasteiger partial charge < -0.3 is 20.6 Å². The normalized spacial score (nSPS) is 15.1. The van der Waals surface area contributed by atoms with E-state index in [9.17, 15) is 0 Å². The van der Waals surface area contributed by atoms with Crippen molar-refractivity contribution in [2.24, 2.45) is 0 Å². The molecule has 1 aromatic heterocycles. The Morgan fingerprint density at radius 3 is 2.61 bits per heavy atom. The summed E-state index contributed by atoms with van der Waals surface area (Å²) in [5.74, 6) is 1.42. The zero-order valence-electron chi connectivity index (χ0n) is 10.7. The van der Waals surface area contributed by atoms with Gasteiger partial charge in [0.05, 0.1) is 6.61 Å². The maximum atomic E-state index is 9.02. The summed E-state index contributed by atoms with van der Waals surface area (Å²) < 4.78 is 0. The zero-order valence-corrected chi connectivity index (χ0v) is 10.7. The van der Waals surface area contributed by atoms with Crippen LogP contribution < -0.4 is 15.5 Å². The quantitative estimate of drug-likeness (QED) is 0.754. The number of hydrogen-bond donors (Lipinski definition) is 2. The van der Waals surface area contributed by atoms with Crippen LogP contribution in [0.4, 0.5) is 17.8 Å². The van der Waals surface area contributed by atoms with Gasteiger partial charge in [0.15, 0.2) is 0 Å². The molecule has 0 unspecified atom stereocenters. The van der Waals surface area contributed by atoms with E-state index in [4.69, 9.17) is 10.8 Å². The fraction of sp³-hybridized carbons (Fsp3) is 0.727. The molecule has 1 aliphatic rings. The number of aromatic nitrogens is 3. The van der Waals surface area contributed by atoms with Crippen molar-refractivity contribution in [3.05, 3.63) is 0 Å². The summed E-state index contributed by atoms with van der Waals surface area (Å²) in [5, 5.41) is 9.02. The Kier molecular flexibility index (Phi) is 4.14. The van der Waals surface area contributed by atoms with Gasteiger partial charge >= 0.3 is 0 Å². The van der Waals surface area contributed by atoms with Crippen LogP contribution in [-0.4, -0.2) is 52.8 Å². The minimum Gasteiger partial charge on any atom is -0.395 e. The van der Waals surface area contributed by atoms with E-state index in [2.05, 4.69) is 19.9 Å². The highest BCUT2D eigenvalue weighted by Gasteiger charge is 2.18. The largest absolute Gasteiger partial charge is 0.395 e. The maximum absolute atomic E-state index is 9.02. The summed E-state index contributed by atoms with van der Waals surface area (Å²) in [6.07, 6.45) is 2.32. The summed E-state index contributed by atoms with van der Waals surface area (Å²) in [6.45, 7) is 5.22. The number of nitrogens with two attached hydrogens (primary N) is 1. The van der Waals surface area contributed by atoms with E-state index in [-0.39, 0.29) is 12.6 Å². The Bertz CT molecular complexity index is 393. The summed E-state index contributed by atoms with van der Waals surface area (Å²) >= 11 is 0. The SMILES string of the molecule is CCN(CCO)c1nc(N)nc(N2CCCC2)n1. The highest BCUT2D eigenvalue weighted by molar-refractivity contribution is 5.43. The van der Waals surface area contributed by atoms with Gasteiger partial charge in [0.25, 0.3) is 0 Å². The zero-order chi connectivity index (χ0) is 13.0. The van der Waals surface area contributed by atoms with E-state index < -0.39 is 0 Å². The molecule has 2 rings (SSSR count). The molecular formula is C11H20N6O. The van der Waals surface area contributed by atoms with Crippen LogP contribution in [0.25, 0.3) is 0 Å². The molecule has 0 saturated carbocycles. The fourth-order valence-electron chi connectivity index (χ4n) is 2.09. The third-order valence-corrected chi connectivity index (χ3v) is 3.05. The molecule has 18 heavy (non-hydrogen) atoms. The van der Waals surface area contributed by atoms with Crippen LogP contribution in [0.1, 0.15) is 19.8 Å². The number of aliphatic hydroxyl groups excluding tert-OH is 1. The monoisotopic (exact) mass is 252 g/mol. The molecule has 1 aromatic rings. The Labute approximate surface area is 107 Å². The van der Waals surface area contributed by atoms with Crippen LogP contribution in [0.5, 0.6) is 0 Å². The fourth-order valence-corrected chi connectivity index (χ4v) is 2.09. The number of nitrogen functional groups attached to an aromatic ring is 1. The smallest absolute Gasteiger partial charge is 0.232 e. The van der Waals surface area contributed by atoms with E-state index in [1.54, 1.807) is 0 Å². The number of likely N-dealkylation sites (N-methyl/N-ethyl adjacent to an activating group) is 1. The summed E-state index contributed by atoms with van der Waals surface area (Å²) in [6, 6.07) is 0. The lowest BCUT2D eigenvalue weighted by atomic mass is 10.4. The lowest BCUT2D eigenvalue weighted by Gasteiger charge is -2.22. The molecule has 7 nitrogen and oxygen atoms in total. The van der Waals surface area contributed by atoms with Gasteiger partial charge in [-0.25, -0.2) is 0 Å². The van der Waals surface area contributed by atoms with Crippen molar-refractivity contribution < 1.29 is 5.11 Å². The molecule has 100 valence electrons. The van der Waals surface area contributed by atoms with Gasteiger partial charge in [-0.15, -0.1) is 0 Å². The number of aliphatic hydroxyl groups is 1. The van der Waals surface area contributed by atoms with Crippen LogP contribution in [0.2, 0.25) is 0 Å². The Morgan fingerprint density at radius 1 is 1.28 bits per heavy atom. The lowest BCUT2D eigenvalue weighted by Crippen LogP contribution is -2.30. The molecule has 2 heterocycles. The van der Waals surface area contributed by atoms with Crippen molar-refractivity contribution in [3.63, 3.8) is 0 Å². The number of rotatable bonds is 5. The first-order chi connectivity index (χ1) is 8.74. The van der Waals surface area contributed by atoms with E-state index in [1.165, 1.54) is 0 Å². The van der Waals surface area contributed by atoms with Crippen molar-refractivity contribution in [3.8, 4) is 0 Å².